The number of carbonyl (C=O) groups excluding carboxylic acids is 1. The molecule has 0 unspecified atom stereocenters. The molecular formula is C20H19N5O3S. The Kier molecular flexibility index (Phi) is 5.30. The molecule has 0 fully saturated rings. The Hall–Kier alpha value is -3.20. The van der Waals surface area contributed by atoms with Gasteiger partial charge in [-0.15, -0.1) is 10.2 Å². The maximum atomic E-state index is 12.9. The number of nitrogens with zero attached hydrogens (tertiary/aromatic N) is 5. The van der Waals surface area contributed by atoms with Crippen LogP contribution in [0.3, 0.4) is 0 Å². The first-order valence-corrected chi connectivity index (χ1v) is 10.2. The second-order valence-corrected chi connectivity index (χ2v) is 7.72. The van der Waals surface area contributed by atoms with Gasteiger partial charge in [-0.3, -0.25) is 19.5 Å². The molecule has 1 aliphatic rings. The zero-order chi connectivity index (χ0) is 20.4. The molecule has 29 heavy (non-hydrogen) atoms. The topological polar surface area (TPSA) is 94.2 Å². The molecule has 0 bridgehead atoms. The molecule has 9 heteroatoms. The summed E-state index contributed by atoms with van der Waals surface area (Å²) in [6.45, 7) is 2.62. The summed E-state index contributed by atoms with van der Waals surface area (Å²) in [4.78, 5) is 25.2. The predicted octanol–water partition coefficient (Wildman–Crippen LogP) is 3.56. The number of thioether (sulfide) groups is 1. The second kappa shape index (κ2) is 8.04. The quantitative estimate of drug-likeness (QED) is 0.363. The molecule has 148 valence electrons. The first-order valence-electron chi connectivity index (χ1n) is 9.21. The molecule has 0 atom stereocenters. The number of non-ortho nitro benzene ring substituents is 1. The molecule has 0 aliphatic carbocycles. The first kappa shape index (κ1) is 19.1. The smallest absolute Gasteiger partial charge is 0.269 e. The standard InChI is InChI=1S/C20H19N5O3S/c1-14-5-2-3-7-17(14)24-13-21-22-20(24)29-12-19(26)23-10-4-6-15-11-16(25(27)28)8-9-18(15)23/h2-3,5,7-9,11,13H,4,6,10,12H2,1H3. The van der Waals surface area contributed by atoms with Crippen molar-refractivity contribution in [3.63, 3.8) is 0 Å². The Morgan fingerprint density at radius 1 is 1.24 bits per heavy atom. The zero-order valence-corrected chi connectivity index (χ0v) is 16.6. The molecule has 0 spiro atoms. The van der Waals surface area contributed by atoms with Crippen LogP contribution in [0.4, 0.5) is 11.4 Å². The van der Waals surface area contributed by atoms with E-state index in [0.717, 1.165) is 35.3 Å². The summed E-state index contributed by atoms with van der Waals surface area (Å²) in [5.74, 6) is 0.158. The summed E-state index contributed by atoms with van der Waals surface area (Å²) in [6.07, 6.45) is 3.16. The van der Waals surface area contributed by atoms with Gasteiger partial charge in [0.05, 0.1) is 16.4 Å². The third kappa shape index (κ3) is 3.86. The number of rotatable bonds is 5. The van der Waals surface area contributed by atoms with Crippen molar-refractivity contribution in [2.75, 3.05) is 17.2 Å². The van der Waals surface area contributed by atoms with Crippen molar-refractivity contribution in [2.24, 2.45) is 0 Å². The second-order valence-electron chi connectivity index (χ2n) is 6.78. The van der Waals surface area contributed by atoms with E-state index in [0.29, 0.717) is 11.7 Å². The van der Waals surface area contributed by atoms with Crippen LogP contribution in [0.1, 0.15) is 17.5 Å². The Morgan fingerprint density at radius 3 is 2.86 bits per heavy atom. The number of fused-ring (bicyclic) bond motifs is 1. The summed E-state index contributed by atoms with van der Waals surface area (Å²) in [5, 5.41) is 19.8. The van der Waals surface area contributed by atoms with Crippen LogP contribution in [-0.2, 0) is 11.2 Å². The Balaban J connectivity index is 1.51. The maximum Gasteiger partial charge on any atom is 0.269 e. The lowest BCUT2D eigenvalue weighted by Crippen LogP contribution is -2.36. The molecule has 0 radical (unpaired) electrons. The number of carbonyl (C=O) groups is 1. The summed E-state index contributed by atoms with van der Waals surface area (Å²) in [7, 11) is 0. The van der Waals surface area contributed by atoms with Gasteiger partial charge in [0.15, 0.2) is 5.16 Å². The van der Waals surface area contributed by atoms with Gasteiger partial charge in [0.1, 0.15) is 6.33 Å². The molecule has 2 aromatic carbocycles. The summed E-state index contributed by atoms with van der Waals surface area (Å²) in [6, 6.07) is 12.6. The minimum atomic E-state index is -0.407. The van der Waals surface area contributed by atoms with E-state index < -0.39 is 4.92 Å². The van der Waals surface area contributed by atoms with Gasteiger partial charge in [-0.2, -0.15) is 0 Å². The van der Waals surface area contributed by atoms with Gasteiger partial charge in [-0.1, -0.05) is 30.0 Å². The minimum Gasteiger partial charge on any atom is -0.311 e. The van der Waals surface area contributed by atoms with E-state index in [-0.39, 0.29) is 17.3 Å². The molecule has 1 amide bonds. The Bertz CT molecular complexity index is 1080. The minimum absolute atomic E-state index is 0.0517. The van der Waals surface area contributed by atoms with Crippen molar-refractivity contribution < 1.29 is 9.72 Å². The van der Waals surface area contributed by atoms with Gasteiger partial charge >= 0.3 is 0 Å². The zero-order valence-electron chi connectivity index (χ0n) is 15.8. The number of aryl methyl sites for hydroxylation is 2. The van der Waals surface area contributed by atoms with Gasteiger partial charge in [-0.05, 0) is 43.0 Å². The number of amides is 1. The predicted molar refractivity (Wildman–Crippen MR) is 111 cm³/mol. The van der Waals surface area contributed by atoms with Crippen molar-refractivity contribution in [1.82, 2.24) is 14.8 Å². The summed E-state index contributed by atoms with van der Waals surface area (Å²) >= 11 is 1.33. The highest BCUT2D eigenvalue weighted by Crippen LogP contribution is 2.31. The number of hydrogen-bond donors (Lipinski definition) is 0. The summed E-state index contributed by atoms with van der Waals surface area (Å²) in [5.41, 5.74) is 3.72. The number of nitro groups is 1. The van der Waals surface area contributed by atoms with Crippen molar-refractivity contribution in [2.45, 2.75) is 24.9 Å². The number of anilines is 1. The van der Waals surface area contributed by atoms with E-state index in [1.165, 1.54) is 17.8 Å². The average Bonchev–Trinajstić information content (AvgIpc) is 3.19. The fourth-order valence-electron chi connectivity index (χ4n) is 3.48. The van der Waals surface area contributed by atoms with Crippen LogP contribution in [0.25, 0.3) is 5.69 Å². The monoisotopic (exact) mass is 409 g/mol. The number of aromatic nitrogens is 3. The lowest BCUT2D eigenvalue weighted by molar-refractivity contribution is -0.384. The van der Waals surface area contributed by atoms with Crippen LogP contribution in [0.5, 0.6) is 0 Å². The van der Waals surface area contributed by atoms with Gasteiger partial charge in [0.25, 0.3) is 5.69 Å². The number of nitro benzene ring substituents is 1. The van der Waals surface area contributed by atoms with Crippen molar-refractivity contribution in [3.05, 3.63) is 70.0 Å². The molecular weight excluding hydrogens is 390 g/mol. The molecule has 0 N–H and O–H groups in total. The molecule has 2 heterocycles. The van der Waals surface area contributed by atoms with Crippen molar-refractivity contribution in [1.29, 1.82) is 0 Å². The van der Waals surface area contributed by atoms with E-state index in [9.17, 15) is 14.9 Å². The fraction of sp³-hybridized carbons (Fsp3) is 0.250. The molecule has 3 aromatic rings. The van der Waals surface area contributed by atoms with Gasteiger partial charge in [-0.25, -0.2) is 0 Å². The lowest BCUT2D eigenvalue weighted by Gasteiger charge is -2.29. The van der Waals surface area contributed by atoms with Gasteiger partial charge in [0, 0.05) is 24.4 Å². The highest BCUT2D eigenvalue weighted by Gasteiger charge is 2.25. The number of hydrogen-bond acceptors (Lipinski definition) is 6. The van der Waals surface area contributed by atoms with E-state index in [4.69, 9.17) is 0 Å². The van der Waals surface area contributed by atoms with E-state index in [1.807, 2.05) is 35.8 Å². The van der Waals surface area contributed by atoms with Crippen LogP contribution >= 0.6 is 11.8 Å². The average molecular weight is 409 g/mol. The van der Waals surface area contributed by atoms with Crippen LogP contribution < -0.4 is 4.90 Å². The number of benzene rings is 2. The molecule has 0 saturated carbocycles. The third-order valence-corrected chi connectivity index (χ3v) is 5.84. The third-order valence-electron chi connectivity index (χ3n) is 4.91. The maximum absolute atomic E-state index is 12.9. The van der Waals surface area contributed by atoms with Crippen molar-refractivity contribution >= 4 is 29.0 Å². The first-order chi connectivity index (χ1) is 14.0. The molecule has 1 aromatic heterocycles. The van der Waals surface area contributed by atoms with Crippen LogP contribution in [0.2, 0.25) is 0 Å². The van der Waals surface area contributed by atoms with E-state index in [1.54, 1.807) is 23.4 Å². The Morgan fingerprint density at radius 2 is 2.07 bits per heavy atom. The highest BCUT2D eigenvalue weighted by molar-refractivity contribution is 7.99. The Labute approximate surface area is 171 Å². The van der Waals surface area contributed by atoms with Crippen LogP contribution in [0, 0.1) is 17.0 Å². The van der Waals surface area contributed by atoms with Crippen LogP contribution in [0.15, 0.2) is 53.9 Å². The van der Waals surface area contributed by atoms with Gasteiger partial charge < -0.3 is 4.90 Å². The lowest BCUT2D eigenvalue weighted by atomic mass is 10.0. The molecule has 4 rings (SSSR count). The number of para-hydroxylation sites is 1. The fourth-order valence-corrected chi connectivity index (χ4v) is 4.28. The van der Waals surface area contributed by atoms with Crippen molar-refractivity contribution in [3.8, 4) is 5.69 Å². The van der Waals surface area contributed by atoms with E-state index >= 15 is 0 Å². The SMILES string of the molecule is Cc1ccccc1-n1cnnc1SCC(=O)N1CCCc2cc([N+](=O)[O-])ccc21. The van der Waals surface area contributed by atoms with E-state index in [2.05, 4.69) is 10.2 Å². The highest BCUT2D eigenvalue weighted by atomic mass is 32.2. The molecule has 1 aliphatic heterocycles. The van der Waals surface area contributed by atoms with Gasteiger partial charge in [0.2, 0.25) is 5.91 Å². The molecule has 8 nitrogen and oxygen atoms in total. The largest absolute Gasteiger partial charge is 0.311 e. The molecule has 0 saturated heterocycles. The van der Waals surface area contributed by atoms with Crippen LogP contribution in [-0.4, -0.2) is 37.9 Å². The normalized spacial score (nSPS) is 13.2. The summed E-state index contributed by atoms with van der Waals surface area (Å²) < 4.78 is 1.88.